The lowest BCUT2D eigenvalue weighted by molar-refractivity contribution is -0.295. The van der Waals surface area contributed by atoms with Crippen LogP contribution in [0.25, 0.3) is 0 Å². The van der Waals surface area contributed by atoms with Gasteiger partial charge in [-0.25, -0.2) is 0 Å². The predicted molar refractivity (Wildman–Crippen MR) is 346 cm³/mol. The molecule has 13 atom stereocenters. The molecule has 500 valence electrons. The molecule has 2 heterocycles. The van der Waals surface area contributed by atoms with Gasteiger partial charge >= 0.3 is 8.25 Å². The van der Waals surface area contributed by atoms with Crippen molar-refractivity contribution in [2.24, 2.45) is 5.92 Å². The number of amides is 2. The zero-order valence-corrected chi connectivity index (χ0v) is 56.9. The molecule has 85 heavy (non-hydrogen) atoms. The Hall–Kier alpha value is -1.55. The summed E-state index contributed by atoms with van der Waals surface area (Å²) in [6.45, 7) is 14.6. The van der Waals surface area contributed by atoms with E-state index in [0.29, 0.717) is 38.2 Å². The number of Topliss-reactive ketones (excluding diaryl/α,β-unsaturated/α-hetero) is 1. The van der Waals surface area contributed by atoms with Crippen LogP contribution >= 0.6 is 16.3 Å². The first-order valence-corrected chi connectivity index (χ1v) is 38.0. The number of allylic oxidation sites excluding steroid dienone is 2. The van der Waals surface area contributed by atoms with Crippen molar-refractivity contribution >= 4 is 33.9 Å². The maximum atomic E-state index is 14.1. The first-order chi connectivity index (χ1) is 41.3. The van der Waals surface area contributed by atoms with Crippen LogP contribution in [0.4, 0.5) is 0 Å². The van der Waals surface area contributed by atoms with E-state index >= 15 is 0 Å². The molecule has 2 aliphatic rings. The van der Waals surface area contributed by atoms with Crippen molar-refractivity contribution in [3.63, 3.8) is 0 Å². The molecule has 2 rings (SSSR count). The molecular weight excluding hydrogens is 1120 g/mol. The van der Waals surface area contributed by atoms with Crippen molar-refractivity contribution in [2.45, 2.75) is 366 Å². The van der Waals surface area contributed by atoms with Crippen LogP contribution < -0.4 is 10.6 Å². The van der Waals surface area contributed by atoms with Crippen molar-refractivity contribution in [3.8, 4) is 0 Å². The highest BCUT2D eigenvalue weighted by Gasteiger charge is 2.51. The third kappa shape index (κ3) is 38.7. The Bertz CT molecular complexity index is 1730. The predicted octanol–water partition coefficient (Wildman–Crippen LogP) is 16.3. The number of carbonyl (C=O) groups excluding carboxylic acids is 3. The fourth-order valence-electron chi connectivity index (χ4n) is 11.7. The topological polar surface area (TPSA) is 214 Å². The first kappa shape index (κ1) is 79.5. The van der Waals surface area contributed by atoms with Gasteiger partial charge in [0.2, 0.25) is 11.8 Å². The maximum Gasteiger partial charge on any atom is 0.317 e. The average Bonchev–Trinajstić information content (AvgIpc) is 1.94. The Kier molecular flexibility index (Phi) is 49.7. The standard InChI is InChI=1S/C67H128N2O14P2/c1-8-13-17-21-24-27-28-29-30-31-32-34-36-40-44-48-58(71)68-61-65(78-51-49-54(6)46-42-38-20-16-11-4)63(82-85(75)76)56(12-5)80-66(61)79-53-57-62(73)64(77-50-45-41-37-26-23-19-15-10-3)60(67(81-57)83-84(7)74)69-59(72)52-55(70)47-43-39-35-33-25-22-18-14-9-2/h27-28,54,56-57,60-67,73,84-85H,8-26,29-53H2,1-7H3,(H,68,71)(H,69,72)(H,75,76)/b28-27-. The molecule has 0 radical (unpaired) electrons. The lowest BCUT2D eigenvalue weighted by atomic mass is 9.94. The minimum Gasteiger partial charge on any atom is -0.388 e. The van der Waals surface area contributed by atoms with Crippen molar-refractivity contribution in [3.05, 3.63) is 12.2 Å². The van der Waals surface area contributed by atoms with Crippen LogP contribution in [-0.4, -0.2) is 115 Å². The van der Waals surface area contributed by atoms with E-state index < -0.39 is 83.5 Å². The summed E-state index contributed by atoms with van der Waals surface area (Å²) in [4.78, 5) is 51.2. The summed E-state index contributed by atoms with van der Waals surface area (Å²) < 4.78 is 69.9. The van der Waals surface area contributed by atoms with Crippen LogP contribution in [0.5, 0.6) is 0 Å². The van der Waals surface area contributed by atoms with Gasteiger partial charge in [-0.2, -0.15) is 0 Å². The molecule has 0 aromatic heterocycles. The highest BCUT2D eigenvalue weighted by molar-refractivity contribution is 7.38. The van der Waals surface area contributed by atoms with Crippen molar-refractivity contribution in [1.29, 1.82) is 0 Å². The van der Waals surface area contributed by atoms with Crippen LogP contribution in [0.3, 0.4) is 0 Å². The van der Waals surface area contributed by atoms with Gasteiger partial charge in [-0.15, -0.1) is 0 Å². The molecule has 0 bridgehead atoms. The van der Waals surface area contributed by atoms with Crippen LogP contribution in [0.2, 0.25) is 0 Å². The third-order valence-corrected chi connectivity index (χ3v) is 18.0. The summed E-state index contributed by atoms with van der Waals surface area (Å²) in [5, 5.41) is 18.3. The first-order valence-electron chi connectivity index (χ1n) is 35.0. The van der Waals surface area contributed by atoms with Crippen molar-refractivity contribution in [1.82, 2.24) is 10.6 Å². The van der Waals surface area contributed by atoms with Gasteiger partial charge in [0, 0.05) is 32.7 Å². The minimum atomic E-state index is -3.50. The van der Waals surface area contributed by atoms with Crippen molar-refractivity contribution < 1.29 is 66.2 Å². The average molecular weight is 1250 g/mol. The van der Waals surface area contributed by atoms with E-state index in [1.165, 1.54) is 135 Å². The summed E-state index contributed by atoms with van der Waals surface area (Å²) >= 11 is 0. The van der Waals surface area contributed by atoms with Crippen LogP contribution in [-0.2, 0) is 56.2 Å². The lowest BCUT2D eigenvalue weighted by Crippen LogP contribution is -2.67. The summed E-state index contributed by atoms with van der Waals surface area (Å²) in [7, 11) is -6.21. The van der Waals surface area contributed by atoms with Gasteiger partial charge in [-0.05, 0) is 63.7 Å². The molecular formula is C67H128N2O14P2. The summed E-state index contributed by atoms with van der Waals surface area (Å²) in [6, 6.07) is -2.14. The molecule has 0 aromatic rings. The highest BCUT2D eigenvalue weighted by Crippen LogP contribution is 2.36. The van der Waals surface area contributed by atoms with E-state index in [9.17, 15) is 33.5 Å². The minimum absolute atomic E-state index is 0.191. The van der Waals surface area contributed by atoms with Gasteiger partial charge in [0.1, 0.15) is 48.4 Å². The monoisotopic (exact) mass is 1250 g/mol. The number of unbranched alkanes of at least 4 members (excludes halogenated alkanes) is 30. The number of nitrogens with one attached hydrogen (secondary N) is 2. The second kappa shape index (κ2) is 53.1. The van der Waals surface area contributed by atoms with E-state index in [2.05, 4.69) is 57.4 Å². The molecule has 2 fully saturated rings. The normalized spacial score (nSPS) is 23.7. The van der Waals surface area contributed by atoms with E-state index in [1.54, 1.807) is 0 Å². The van der Waals surface area contributed by atoms with Gasteiger partial charge in [0.05, 0.1) is 19.1 Å². The number of ether oxygens (including phenoxy) is 5. The van der Waals surface area contributed by atoms with Gasteiger partial charge in [-0.3, -0.25) is 28.0 Å². The quantitative estimate of drug-likeness (QED) is 0.0193. The van der Waals surface area contributed by atoms with E-state index in [-0.39, 0.29) is 44.2 Å². The number of ketones is 1. The molecule has 2 aliphatic heterocycles. The number of aliphatic hydroxyl groups excluding tert-OH is 1. The fourth-order valence-corrected chi connectivity index (χ4v) is 12.7. The zero-order valence-electron chi connectivity index (χ0n) is 54.9. The zero-order chi connectivity index (χ0) is 62.1. The molecule has 0 aromatic carbocycles. The molecule has 0 aliphatic carbocycles. The second-order valence-electron chi connectivity index (χ2n) is 24.8. The van der Waals surface area contributed by atoms with E-state index in [0.717, 1.165) is 89.9 Å². The van der Waals surface area contributed by atoms with Gasteiger partial charge in [-0.1, -0.05) is 240 Å². The molecule has 4 N–H and O–H groups in total. The summed E-state index contributed by atoms with van der Waals surface area (Å²) in [5.74, 6) is -0.662. The van der Waals surface area contributed by atoms with Crippen LogP contribution in [0.1, 0.15) is 305 Å². The SMILES string of the molecule is CCCCCC/C=C\CCCCCCCCCC(=O)NC1C(OCC2OC(O[PH](C)=O)C(NC(=O)CC(=O)CCCCCCCCCCC)C(OCCCCCCCCCC)C2O)OC(CC)C(O[PH](=O)O)C1OCCC(C)CCCCCCC. The molecule has 16 nitrogen and oxygen atoms in total. The Morgan fingerprint density at radius 2 is 0.965 bits per heavy atom. The summed E-state index contributed by atoms with van der Waals surface area (Å²) in [5.41, 5.74) is 0. The molecule has 13 unspecified atom stereocenters. The Balaban J connectivity index is 2.34. The molecule has 18 heteroatoms. The third-order valence-electron chi connectivity index (χ3n) is 16.9. The van der Waals surface area contributed by atoms with E-state index in [4.69, 9.17) is 32.7 Å². The van der Waals surface area contributed by atoms with Crippen LogP contribution in [0, 0.1) is 5.92 Å². The van der Waals surface area contributed by atoms with Gasteiger partial charge < -0.3 is 48.8 Å². The molecule has 2 saturated heterocycles. The molecule has 2 amide bonds. The Labute approximate surface area is 519 Å². The smallest absolute Gasteiger partial charge is 0.317 e. The molecule has 0 saturated carbocycles. The van der Waals surface area contributed by atoms with Gasteiger partial charge in [0.25, 0.3) is 0 Å². The number of hydrogen-bond donors (Lipinski definition) is 4. The number of rotatable bonds is 57. The number of carbonyl (C=O) groups is 3. The number of aliphatic hydroxyl groups is 1. The van der Waals surface area contributed by atoms with Crippen molar-refractivity contribution in [2.75, 3.05) is 26.5 Å². The fraction of sp³-hybridized carbons (Fsp3) is 0.925. The maximum absolute atomic E-state index is 14.1. The van der Waals surface area contributed by atoms with E-state index in [1.807, 2.05) is 6.92 Å². The second-order valence-corrected chi connectivity index (χ2v) is 26.8. The molecule has 0 spiro atoms. The summed E-state index contributed by atoms with van der Waals surface area (Å²) in [6.07, 6.45) is 37.0. The van der Waals surface area contributed by atoms with Crippen LogP contribution in [0.15, 0.2) is 12.2 Å². The Morgan fingerprint density at radius 1 is 0.506 bits per heavy atom. The Morgan fingerprint density at radius 3 is 1.51 bits per heavy atom. The largest absolute Gasteiger partial charge is 0.388 e. The lowest BCUT2D eigenvalue weighted by Gasteiger charge is -2.47. The highest BCUT2D eigenvalue weighted by atomic mass is 31.1. The number of hydrogen-bond acceptors (Lipinski definition) is 13. The van der Waals surface area contributed by atoms with Gasteiger partial charge in [0.15, 0.2) is 20.6 Å².